The summed E-state index contributed by atoms with van der Waals surface area (Å²) in [6, 6.07) is 1.35. The van der Waals surface area contributed by atoms with Gasteiger partial charge >= 0.3 is 0 Å². The minimum absolute atomic E-state index is 0.118. The Balaban J connectivity index is 3.37. The fraction of sp³-hybridized carbons (Fsp3) is 1.00. The predicted molar refractivity (Wildman–Crippen MR) is 86.3 cm³/mol. The van der Waals surface area contributed by atoms with Gasteiger partial charge < -0.3 is 4.43 Å². The van der Waals surface area contributed by atoms with Crippen molar-refractivity contribution in [3.63, 3.8) is 0 Å². The molecule has 17 heavy (non-hydrogen) atoms. The van der Waals surface area contributed by atoms with Gasteiger partial charge in [0.2, 0.25) is 0 Å². The number of rotatable bonds is 0. The fourth-order valence-corrected chi connectivity index (χ4v) is 41.4. The molecule has 0 saturated carbocycles. The Morgan fingerprint density at radius 1 is 0.941 bits per heavy atom. The van der Waals surface area contributed by atoms with Crippen molar-refractivity contribution in [1.29, 1.82) is 0 Å². The van der Waals surface area contributed by atoms with Crippen molar-refractivity contribution >= 4 is 22.5 Å². The SMILES string of the molecule is CC1(C)C[Si](C)(C)[Si](C)(C)[Si](C)(C(C)(C)C)O1. The zero-order chi connectivity index (χ0) is 13.9. The Bertz CT molecular complexity index is 315. The third-order valence-corrected chi connectivity index (χ3v) is 47.8. The van der Waals surface area contributed by atoms with E-state index in [2.05, 4.69) is 67.4 Å². The highest BCUT2D eigenvalue weighted by atomic mass is 29.6. The highest BCUT2D eigenvalue weighted by Crippen LogP contribution is 2.52. The van der Waals surface area contributed by atoms with Crippen LogP contribution >= 0.6 is 0 Å². The van der Waals surface area contributed by atoms with Crippen molar-refractivity contribution in [2.45, 2.75) is 84.0 Å². The zero-order valence-corrected chi connectivity index (χ0v) is 16.6. The summed E-state index contributed by atoms with van der Waals surface area (Å²) in [5.41, 5.74) is 0.118. The summed E-state index contributed by atoms with van der Waals surface area (Å²) in [6.07, 6.45) is 0. The minimum atomic E-state index is -1.64. The van der Waals surface area contributed by atoms with E-state index in [9.17, 15) is 0 Å². The van der Waals surface area contributed by atoms with Crippen LogP contribution in [0, 0.1) is 0 Å². The Morgan fingerprint density at radius 2 is 1.35 bits per heavy atom. The molecule has 1 nitrogen and oxygen atoms in total. The summed E-state index contributed by atoms with van der Waals surface area (Å²) < 4.78 is 6.81. The monoisotopic (exact) mass is 288 g/mol. The minimum Gasteiger partial charge on any atom is -0.415 e. The first-order valence-electron chi connectivity index (χ1n) is 6.87. The van der Waals surface area contributed by atoms with E-state index in [4.69, 9.17) is 4.43 Å². The van der Waals surface area contributed by atoms with Crippen LogP contribution in [0.4, 0.5) is 0 Å². The van der Waals surface area contributed by atoms with E-state index >= 15 is 0 Å². The van der Waals surface area contributed by atoms with Gasteiger partial charge in [-0.15, -0.1) is 0 Å². The normalized spacial score (nSPS) is 35.6. The van der Waals surface area contributed by atoms with E-state index < -0.39 is 22.5 Å². The summed E-state index contributed by atoms with van der Waals surface area (Å²) in [5.74, 6) is 0. The summed E-state index contributed by atoms with van der Waals surface area (Å²) in [7, 11) is -4.00. The molecule has 1 fully saturated rings. The highest BCUT2D eigenvalue weighted by Gasteiger charge is 2.66. The van der Waals surface area contributed by atoms with E-state index in [1.165, 1.54) is 6.04 Å². The summed E-state index contributed by atoms with van der Waals surface area (Å²) in [6.45, 7) is 24.9. The van der Waals surface area contributed by atoms with E-state index in [0.29, 0.717) is 5.04 Å². The van der Waals surface area contributed by atoms with Gasteiger partial charge in [0.25, 0.3) is 0 Å². The fourth-order valence-electron chi connectivity index (χ4n) is 3.74. The van der Waals surface area contributed by atoms with Gasteiger partial charge in [-0.25, -0.2) is 0 Å². The highest BCUT2D eigenvalue weighted by molar-refractivity contribution is 7.68. The second-order valence-electron chi connectivity index (χ2n) is 8.83. The molecule has 0 amide bonds. The first kappa shape index (κ1) is 15.7. The first-order chi connectivity index (χ1) is 7.16. The van der Waals surface area contributed by atoms with Crippen molar-refractivity contribution in [3.05, 3.63) is 0 Å². The molecule has 1 unspecified atom stereocenters. The van der Waals surface area contributed by atoms with Crippen LogP contribution in [0.25, 0.3) is 0 Å². The van der Waals surface area contributed by atoms with Crippen LogP contribution in [-0.4, -0.2) is 28.1 Å². The Kier molecular flexibility index (Phi) is 3.51. The lowest BCUT2D eigenvalue weighted by molar-refractivity contribution is 0.112. The predicted octanol–water partition coefficient (Wildman–Crippen LogP) is 4.74. The third kappa shape index (κ3) is 2.26. The summed E-state index contributed by atoms with van der Waals surface area (Å²) >= 11 is 0. The van der Waals surface area contributed by atoms with E-state index in [0.717, 1.165) is 0 Å². The molecule has 102 valence electrons. The van der Waals surface area contributed by atoms with Gasteiger partial charge in [-0.3, -0.25) is 0 Å². The molecule has 0 spiro atoms. The van der Waals surface area contributed by atoms with Crippen molar-refractivity contribution in [3.8, 4) is 0 Å². The maximum atomic E-state index is 6.81. The van der Waals surface area contributed by atoms with Gasteiger partial charge in [-0.2, -0.15) is 0 Å². The summed E-state index contributed by atoms with van der Waals surface area (Å²) in [4.78, 5) is 0. The molecule has 0 radical (unpaired) electrons. The van der Waals surface area contributed by atoms with Crippen LogP contribution in [-0.2, 0) is 4.43 Å². The average Bonchev–Trinajstić information content (AvgIpc) is 1.95. The van der Waals surface area contributed by atoms with Crippen molar-refractivity contribution < 1.29 is 4.43 Å². The van der Waals surface area contributed by atoms with Crippen molar-refractivity contribution in [2.24, 2.45) is 0 Å². The van der Waals surface area contributed by atoms with Crippen LogP contribution < -0.4 is 0 Å². The van der Waals surface area contributed by atoms with E-state index in [1.54, 1.807) is 0 Å². The molecule has 0 aromatic rings. The molecule has 0 aromatic carbocycles. The van der Waals surface area contributed by atoms with Gasteiger partial charge in [0.1, 0.15) is 0 Å². The summed E-state index contributed by atoms with van der Waals surface area (Å²) in [5, 5.41) is 0.366. The molecule has 0 aromatic heterocycles. The molecule has 1 aliphatic rings. The molecular formula is C13H32OSi3. The molecule has 1 aliphatic heterocycles. The maximum Gasteiger partial charge on any atom is 0.180 e. The lowest BCUT2D eigenvalue weighted by Crippen LogP contribution is -2.81. The standard InChI is InChI=1S/C13H32OSi3/c1-12(2,3)17(10)14-13(4,5)11-15(6,7)16(17,8)9/h11H2,1-10H3. The van der Waals surface area contributed by atoms with Gasteiger partial charge in [0.15, 0.2) is 7.83 Å². The lowest BCUT2D eigenvalue weighted by Gasteiger charge is -2.63. The molecule has 0 aliphatic carbocycles. The van der Waals surface area contributed by atoms with E-state index in [-0.39, 0.29) is 5.60 Å². The molecular weight excluding hydrogens is 256 g/mol. The van der Waals surface area contributed by atoms with Gasteiger partial charge in [0.05, 0.1) is 7.11 Å². The molecule has 0 N–H and O–H groups in total. The Hall–Kier alpha value is 0.611. The smallest absolute Gasteiger partial charge is 0.180 e. The number of hydrogen-bond donors (Lipinski definition) is 0. The van der Waals surface area contributed by atoms with E-state index in [1.807, 2.05) is 0 Å². The quantitative estimate of drug-likeness (QED) is 0.585. The van der Waals surface area contributed by atoms with Crippen LogP contribution in [0.15, 0.2) is 0 Å². The third-order valence-electron chi connectivity index (χ3n) is 5.66. The van der Waals surface area contributed by atoms with Crippen molar-refractivity contribution in [2.75, 3.05) is 0 Å². The van der Waals surface area contributed by atoms with Crippen LogP contribution in [0.1, 0.15) is 34.6 Å². The van der Waals surface area contributed by atoms with Gasteiger partial charge in [-0.1, -0.05) is 47.0 Å². The van der Waals surface area contributed by atoms with Gasteiger partial charge in [-0.05, 0) is 31.5 Å². The molecule has 1 rings (SSSR count). The molecule has 0 bridgehead atoms. The second kappa shape index (κ2) is 3.81. The molecule has 4 heteroatoms. The topological polar surface area (TPSA) is 9.23 Å². The van der Waals surface area contributed by atoms with Gasteiger partial charge in [0, 0.05) is 13.2 Å². The Morgan fingerprint density at radius 3 is 1.71 bits per heavy atom. The van der Waals surface area contributed by atoms with Crippen molar-refractivity contribution in [1.82, 2.24) is 0 Å². The Labute approximate surface area is 111 Å². The maximum absolute atomic E-state index is 6.81. The lowest BCUT2D eigenvalue weighted by atomic mass is 10.2. The number of hydrogen-bond acceptors (Lipinski definition) is 1. The first-order valence-corrected chi connectivity index (χ1v) is 17.5. The van der Waals surface area contributed by atoms with Crippen LogP contribution in [0.3, 0.4) is 0 Å². The largest absolute Gasteiger partial charge is 0.415 e. The van der Waals surface area contributed by atoms with Crippen LogP contribution in [0.5, 0.6) is 0 Å². The molecule has 1 heterocycles. The zero-order valence-electron chi connectivity index (χ0n) is 13.6. The molecule has 1 saturated heterocycles. The average molecular weight is 289 g/mol. The van der Waals surface area contributed by atoms with Crippen LogP contribution in [0.2, 0.25) is 43.8 Å². The second-order valence-corrected chi connectivity index (χ2v) is 35.9. The molecule has 1 atom stereocenters.